The second-order valence-electron chi connectivity index (χ2n) is 6.53. The van der Waals surface area contributed by atoms with Gasteiger partial charge < -0.3 is 15.0 Å². The highest BCUT2D eigenvalue weighted by Crippen LogP contribution is 2.36. The number of halogens is 3. The number of nitrogens with zero attached hydrogens (tertiary/aromatic N) is 5. The lowest BCUT2D eigenvalue weighted by molar-refractivity contribution is -0.137. The number of alkyl halides is 3. The number of hydrogen-bond acceptors (Lipinski definition) is 6. The van der Waals surface area contributed by atoms with Gasteiger partial charge in [0.1, 0.15) is 24.2 Å². The van der Waals surface area contributed by atoms with E-state index in [1.807, 2.05) is 4.90 Å². The first-order valence-electron chi connectivity index (χ1n) is 9.09. The zero-order valence-corrected chi connectivity index (χ0v) is 15.6. The molecule has 1 fully saturated rings. The molecule has 1 aliphatic heterocycles. The molecule has 0 bridgehead atoms. The van der Waals surface area contributed by atoms with E-state index in [9.17, 15) is 18.0 Å². The second kappa shape index (κ2) is 8.11. The molecule has 11 heteroatoms. The molecule has 2 aromatic heterocycles. The summed E-state index contributed by atoms with van der Waals surface area (Å²) in [5.41, 5.74) is -0.240. The van der Waals surface area contributed by atoms with Gasteiger partial charge in [0.15, 0.2) is 0 Å². The van der Waals surface area contributed by atoms with Crippen molar-refractivity contribution in [1.82, 2.24) is 19.7 Å². The highest BCUT2D eigenvalue weighted by atomic mass is 19.4. The van der Waals surface area contributed by atoms with Crippen LogP contribution in [-0.2, 0) is 10.9 Å². The second-order valence-corrected chi connectivity index (χ2v) is 6.53. The Hall–Kier alpha value is -3.47. The van der Waals surface area contributed by atoms with Crippen LogP contribution < -0.4 is 10.2 Å². The minimum Gasteiger partial charge on any atom is -0.378 e. The SMILES string of the molecule is O=C(Nc1cc(C(F)(F)F)ccc1N1CCOCC1)c1cccc(-n2cnnc2)n1. The fraction of sp³-hybridized carbons (Fsp3) is 0.263. The molecular formula is C19H17F3N6O2. The van der Waals surface area contributed by atoms with Crippen molar-refractivity contribution in [2.24, 2.45) is 0 Å². The molecule has 1 saturated heterocycles. The van der Waals surface area contributed by atoms with E-state index < -0.39 is 17.6 Å². The van der Waals surface area contributed by atoms with Crippen LogP contribution in [-0.4, -0.2) is 52.0 Å². The molecule has 0 aliphatic carbocycles. The number of aromatic nitrogens is 4. The van der Waals surface area contributed by atoms with E-state index in [4.69, 9.17) is 4.74 Å². The molecule has 1 aromatic carbocycles. The van der Waals surface area contributed by atoms with E-state index >= 15 is 0 Å². The van der Waals surface area contributed by atoms with Gasteiger partial charge in [0.2, 0.25) is 0 Å². The lowest BCUT2D eigenvalue weighted by atomic mass is 10.1. The molecule has 0 spiro atoms. The Morgan fingerprint density at radius 1 is 1.07 bits per heavy atom. The zero-order valence-electron chi connectivity index (χ0n) is 15.6. The summed E-state index contributed by atoms with van der Waals surface area (Å²) in [6, 6.07) is 8.06. The first-order valence-corrected chi connectivity index (χ1v) is 9.09. The number of ether oxygens (including phenoxy) is 1. The molecule has 4 rings (SSSR count). The van der Waals surface area contributed by atoms with Crippen molar-refractivity contribution >= 4 is 17.3 Å². The summed E-state index contributed by atoms with van der Waals surface area (Å²) in [5, 5.41) is 9.96. The van der Waals surface area contributed by atoms with E-state index in [0.29, 0.717) is 37.8 Å². The molecular weight excluding hydrogens is 401 g/mol. The van der Waals surface area contributed by atoms with Gasteiger partial charge in [0, 0.05) is 13.1 Å². The molecule has 30 heavy (non-hydrogen) atoms. The Balaban J connectivity index is 1.65. The van der Waals surface area contributed by atoms with Gasteiger partial charge in [-0.25, -0.2) is 4.98 Å². The zero-order chi connectivity index (χ0) is 21.1. The Bertz CT molecular complexity index is 1030. The topological polar surface area (TPSA) is 85.2 Å². The Morgan fingerprint density at radius 2 is 1.80 bits per heavy atom. The molecule has 0 unspecified atom stereocenters. The van der Waals surface area contributed by atoms with Gasteiger partial charge in [-0.2, -0.15) is 13.2 Å². The molecule has 1 amide bonds. The predicted octanol–water partition coefficient (Wildman–Crippen LogP) is 2.77. The van der Waals surface area contributed by atoms with Crippen LogP contribution in [0.3, 0.4) is 0 Å². The average molecular weight is 418 g/mol. The molecule has 1 N–H and O–H groups in total. The van der Waals surface area contributed by atoms with E-state index in [1.54, 1.807) is 12.1 Å². The lowest BCUT2D eigenvalue weighted by Gasteiger charge is -2.31. The number of nitrogens with one attached hydrogen (secondary N) is 1. The highest BCUT2D eigenvalue weighted by Gasteiger charge is 2.32. The van der Waals surface area contributed by atoms with Crippen molar-refractivity contribution < 1.29 is 22.7 Å². The fourth-order valence-electron chi connectivity index (χ4n) is 3.09. The molecule has 3 heterocycles. The van der Waals surface area contributed by atoms with Crippen molar-refractivity contribution in [3.63, 3.8) is 0 Å². The number of amides is 1. The average Bonchev–Trinajstić information content (AvgIpc) is 3.29. The van der Waals surface area contributed by atoms with Gasteiger partial charge in [-0.15, -0.1) is 10.2 Å². The third-order valence-corrected chi connectivity index (χ3v) is 4.57. The maximum absolute atomic E-state index is 13.2. The third-order valence-electron chi connectivity index (χ3n) is 4.57. The summed E-state index contributed by atoms with van der Waals surface area (Å²) in [7, 11) is 0. The van der Waals surface area contributed by atoms with Gasteiger partial charge in [-0.3, -0.25) is 9.36 Å². The Labute approximate surface area is 169 Å². The monoisotopic (exact) mass is 418 g/mol. The summed E-state index contributed by atoms with van der Waals surface area (Å²) in [4.78, 5) is 18.9. The number of pyridine rings is 1. The van der Waals surface area contributed by atoms with Crippen molar-refractivity contribution in [2.45, 2.75) is 6.18 Å². The summed E-state index contributed by atoms with van der Waals surface area (Å²) in [5.74, 6) is -0.219. The maximum atomic E-state index is 13.2. The van der Waals surface area contributed by atoms with E-state index in [-0.39, 0.29) is 11.4 Å². The van der Waals surface area contributed by atoms with Crippen LogP contribution >= 0.6 is 0 Å². The van der Waals surface area contributed by atoms with Crippen LogP contribution in [0.15, 0.2) is 49.1 Å². The van der Waals surface area contributed by atoms with Gasteiger partial charge in [-0.05, 0) is 30.3 Å². The van der Waals surface area contributed by atoms with E-state index in [1.165, 1.54) is 29.4 Å². The summed E-state index contributed by atoms with van der Waals surface area (Å²) >= 11 is 0. The molecule has 3 aromatic rings. The predicted molar refractivity (Wildman–Crippen MR) is 102 cm³/mol. The summed E-state index contributed by atoms with van der Waals surface area (Å²) in [6.45, 7) is 1.93. The normalized spacial score (nSPS) is 14.6. The quantitative estimate of drug-likeness (QED) is 0.702. The van der Waals surface area contributed by atoms with Crippen LogP contribution in [0, 0.1) is 0 Å². The number of anilines is 2. The van der Waals surface area contributed by atoms with Crippen LogP contribution in [0.2, 0.25) is 0 Å². The molecule has 156 valence electrons. The van der Waals surface area contributed by atoms with Gasteiger partial charge in [0.05, 0.1) is 30.2 Å². The van der Waals surface area contributed by atoms with E-state index in [0.717, 1.165) is 12.1 Å². The van der Waals surface area contributed by atoms with Gasteiger partial charge in [-0.1, -0.05) is 6.07 Å². The molecule has 8 nitrogen and oxygen atoms in total. The largest absolute Gasteiger partial charge is 0.416 e. The van der Waals surface area contributed by atoms with Crippen molar-refractivity contribution in [3.8, 4) is 5.82 Å². The highest BCUT2D eigenvalue weighted by molar-refractivity contribution is 6.05. The number of hydrogen-bond donors (Lipinski definition) is 1. The first kappa shape index (κ1) is 19.8. The van der Waals surface area contributed by atoms with Crippen molar-refractivity contribution in [2.75, 3.05) is 36.5 Å². The lowest BCUT2D eigenvalue weighted by Crippen LogP contribution is -2.37. The van der Waals surface area contributed by atoms with E-state index in [2.05, 4.69) is 20.5 Å². The number of carbonyl (C=O) groups is 1. The summed E-state index contributed by atoms with van der Waals surface area (Å²) < 4.78 is 46.5. The van der Waals surface area contributed by atoms with Crippen molar-refractivity contribution in [1.29, 1.82) is 0 Å². The Kier molecular flexibility index (Phi) is 5.36. The minimum atomic E-state index is -4.53. The smallest absolute Gasteiger partial charge is 0.378 e. The number of rotatable bonds is 4. The van der Waals surface area contributed by atoms with Crippen LogP contribution in [0.1, 0.15) is 16.1 Å². The summed E-state index contributed by atoms with van der Waals surface area (Å²) in [6.07, 6.45) is -1.68. The fourth-order valence-corrected chi connectivity index (χ4v) is 3.09. The van der Waals surface area contributed by atoms with Gasteiger partial charge >= 0.3 is 6.18 Å². The number of benzene rings is 1. The standard InChI is InChI=1S/C19H17F3N6O2/c20-19(21,22)13-4-5-16(27-6-8-30-9-7-27)15(10-13)26-18(29)14-2-1-3-17(25-14)28-11-23-24-12-28/h1-5,10-12H,6-9H2,(H,26,29). The molecule has 0 saturated carbocycles. The van der Waals surface area contributed by atoms with Crippen LogP contribution in [0.5, 0.6) is 0 Å². The van der Waals surface area contributed by atoms with Crippen LogP contribution in [0.4, 0.5) is 24.5 Å². The Morgan fingerprint density at radius 3 is 2.50 bits per heavy atom. The molecule has 1 aliphatic rings. The van der Waals surface area contributed by atoms with Crippen molar-refractivity contribution in [3.05, 3.63) is 60.3 Å². The van der Waals surface area contributed by atoms with Crippen LogP contribution in [0.25, 0.3) is 5.82 Å². The van der Waals surface area contributed by atoms with Gasteiger partial charge in [0.25, 0.3) is 5.91 Å². The maximum Gasteiger partial charge on any atom is 0.416 e. The third kappa shape index (κ3) is 4.25. The molecule has 0 atom stereocenters. The first-order chi connectivity index (χ1) is 14.4. The molecule has 0 radical (unpaired) electrons. The number of carbonyl (C=O) groups excluding carboxylic acids is 1. The number of morpholine rings is 1. The minimum absolute atomic E-state index is 0.0477.